The molecule has 0 fully saturated rings. The maximum Gasteiger partial charge on any atom is 0.200 e. The zero-order valence-corrected chi connectivity index (χ0v) is 20.0. The molecule has 4 heteroatoms. The molecule has 0 atom stereocenters. The number of hydrogen-bond donors (Lipinski definition) is 0. The number of benzene rings is 5. The average molecular weight is 489 g/mol. The van der Waals surface area contributed by atoms with Gasteiger partial charge in [0.25, 0.3) is 0 Å². The number of thiophene rings is 1. The van der Waals surface area contributed by atoms with E-state index in [4.69, 9.17) is 16.0 Å². The van der Waals surface area contributed by atoms with Crippen molar-refractivity contribution in [2.45, 2.75) is 0 Å². The normalized spacial score (nSPS) is 11.7. The standard InChI is InChI=1S/C31H17ClO2S/c32-21-16-24(31-25(17-21)22-8-4-5-9-29(22)35-31)20-10-12-23-28(15-20)34-27-13-11-19(14-26(27)30(23)33)18-6-2-1-3-7-18/h1-17H. The molecular weight excluding hydrogens is 472 g/mol. The molecule has 0 saturated carbocycles. The van der Waals surface area contributed by atoms with Crippen molar-refractivity contribution in [1.29, 1.82) is 0 Å². The first-order valence-corrected chi connectivity index (χ1v) is 12.5. The Kier molecular flexibility index (Phi) is 4.56. The molecule has 0 aliphatic rings. The van der Waals surface area contributed by atoms with E-state index in [1.54, 1.807) is 11.3 Å². The van der Waals surface area contributed by atoms with Crippen molar-refractivity contribution in [3.63, 3.8) is 0 Å². The second-order valence-corrected chi connectivity index (χ2v) is 10.1. The monoisotopic (exact) mass is 488 g/mol. The highest BCUT2D eigenvalue weighted by Crippen LogP contribution is 2.42. The van der Waals surface area contributed by atoms with Gasteiger partial charge in [-0.2, -0.15) is 0 Å². The first-order chi connectivity index (χ1) is 17.2. The molecule has 2 heterocycles. The Morgan fingerprint density at radius 1 is 0.600 bits per heavy atom. The second-order valence-electron chi connectivity index (χ2n) is 8.65. The van der Waals surface area contributed by atoms with Crippen molar-refractivity contribution in [1.82, 2.24) is 0 Å². The predicted octanol–water partition coefficient (Wildman–Crippen LogP) is 9.30. The first kappa shape index (κ1) is 20.5. The Morgan fingerprint density at radius 3 is 2.29 bits per heavy atom. The van der Waals surface area contributed by atoms with Crippen molar-refractivity contribution in [2.75, 3.05) is 0 Å². The van der Waals surface area contributed by atoms with Crippen LogP contribution in [0.4, 0.5) is 0 Å². The van der Waals surface area contributed by atoms with Crippen LogP contribution in [0.2, 0.25) is 5.02 Å². The number of fused-ring (bicyclic) bond motifs is 5. The fraction of sp³-hybridized carbons (Fsp3) is 0. The Balaban J connectivity index is 1.44. The van der Waals surface area contributed by atoms with Gasteiger partial charge in [0.2, 0.25) is 5.43 Å². The van der Waals surface area contributed by atoms with Gasteiger partial charge in [0, 0.05) is 30.8 Å². The van der Waals surface area contributed by atoms with Gasteiger partial charge < -0.3 is 4.42 Å². The topological polar surface area (TPSA) is 30.2 Å². The highest BCUT2D eigenvalue weighted by Gasteiger charge is 2.15. The van der Waals surface area contributed by atoms with Crippen LogP contribution in [0.5, 0.6) is 0 Å². The summed E-state index contributed by atoms with van der Waals surface area (Å²) in [5.74, 6) is 0. The van der Waals surface area contributed by atoms with E-state index in [9.17, 15) is 4.79 Å². The van der Waals surface area contributed by atoms with Crippen LogP contribution in [0.15, 0.2) is 112 Å². The molecule has 0 aliphatic heterocycles. The minimum atomic E-state index is -0.0244. The van der Waals surface area contributed by atoms with Crippen molar-refractivity contribution in [3.05, 3.63) is 118 Å². The smallest absolute Gasteiger partial charge is 0.200 e. The van der Waals surface area contributed by atoms with Gasteiger partial charge in [0.05, 0.1) is 10.8 Å². The number of rotatable bonds is 2. The zero-order valence-electron chi connectivity index (χ0n) is 18.4. The second kappa shape index (κ2) is 7.81. The summed E-state index contributed by atoms with van der Waals surface area (Å²) in [7, 11) is 0. The van der Waals surface area contributed by atoms with Crippen molar-refractivity contribution in [3.8, 4) is 22.3 Å². The van der Waals surface area contributed by atoms with Crippen LogP contribution in [0.1, 0.15) is 0 Å². The van der Waals surface area contributed by atoms with Gasteiger partial charge in [-0.25, -0.2) is 0 Å². The van der Waals surface area contributed by atoms with E-state index in [2.05, 4.69) is 18.2 Å². The van der Waals surface area contributed by atoms with E-state index in [1.807, 2.05) is 84.9 Å². The third-order valence-corrected chi connectivity index (χ3v) is 7.97. The fourth-order valence-electron chi connectivity index (χ4n) is 4.84. The molecule has 0 radical (unpaired) electrons. The summed E-state index contributed by atoms with van der Waals surface area (Å²) in [5.41, 5.74) is 5.20. The SMILES string of the molecule is O=c1c2ccc(-c3cc(Cl)cc4c3sc3ccccc34)cc2oc2ccc(-c3ccccc3)cc12. The molecule has 2 aromatic heterocycles. The number of halogens is 1. The van der Waals surface area contributed by atoms with E-state index in [1.165, 1.54) is 14.8 Å². The van der Waals surface area contributed by atoms with Crippen molar-refractivity contribution < 1.29 is 4.42 Å². The van der Waals surface area contributed by atoms with Crippen LogP contribution in [0, 0.1) is 0 Å². The Hall–Kier alpha value is -3.92. The van der Waals surface area contributed by atoms with Crippen LogP contribution < -0.4 is 5.43 Å². The van der Waals surface area contributed by atoms with E-state index < -0.39 is 0 Å². The van der Waals surface area contributed by atoms with Gasteiger partial charge in [0.1, 0.15) is 11.2 Å². The Morgan fingerprint density at radius 2 is 1.40 bits per heavy atom. The van der Waals surface area contributed by atoms with Gasteiger partial charge in [-0.1, -0.05) is 72.3 Å². The summed E-state index contributed by atoms with van der Waals surface area (Å²) in [5, 5.41) is 4.18. The summed E-state index contributed by atoms with van der Waals surface area (Å²) >= 11 is 8.30. The molecule has 0 aliphatic carbocycles. The molecule has 166 valence electrons. The van der Waals surface area contributed by atoms with Gasteiger partial charge in [-0.3, -0.25) is 4.79 Å². The van der Waals surface area contributed by atoms with E-state index in [0.29, 0.717) is 27.0 Å². The molecule has 5 aromatic carbocycles. The van der Waals surface area contributed by atoms with Crippen LogP contribution in [0.25, 0.3) is 64.4 Å². The van der Waals surface area contributed by atoms with Gasteiger partial charge in [-0.15, -0.1) is 11.3 Å². The largest absolute Gasteiger partial charge is 0.456 e. The van der Waals surface area contributed by atoms with E-state index >= 15 is 0 Å². The van der Waals surface area contributed by atoms with Crippen LogP contribution in [-0.2, 0) is 0 Å². The molecule has 0 spiro atoms. The lowest BCUT2D eigenvalue weighted by Gasteiger charge is -2.08. The Labute approximate surface area is 209 Å². The molecular formula is C31H17ClO2S. The predicted molar refractivity (Wildman–Crippen MR) is 149 cm³/mol. The molecule has 0 amide bonds. The lowest BCUT2D eigenvalue weighted by Crippen LogP contribution is -2.02. The summed E-state index contributed by atoms with van der Waals surface area (Å²) < 4.78 is 8.64. The average Bonchev–Trinajstić information content (AvgIpc) is 3.27. The zero-order chi connectivity index (χ0) is 23.5. The van der Waals surface area contributed by atoms with Crippen LogP contribution >= 0.6 is 22.9 Å². The summed E-state index contributed by atoms with van der Waals surface area (Å²) in [4.78, 5) is 13.4. The molecule has 2 nitrogen and oxygen atoms in total. The van der Waals surface area contributed by atoms with Crippen molar-refractivity contribution >= 4 is 65.0 Å². The fourth-order valence-corrected chi connectivity index (χ4v) is 6.28. The lowest BCUT2D eigenvalue weighted by atomic mass is 10.00. The van der Waals surface area contributed by atoms with Gasteiger partial charge >= 0.3 is 0 Å². The van der Waals surface area contributed by atoms with Crippen molar-refractivity contribution in [2.24, 2.45) is 0 Å². The molecule has 0 unspecified atom stereocenters. The van der Waals surface area contributed by atoms with Gasteiger partial charge in [0.15, 0.2) is 0 Å². The molecule has 0 N–H and O–H groups in total. The third kappa shape index (κ3) is 3.28. The molecule has 7 rings (SSSR count). The van der Waals surface area contributed by atoms with Crippen LogP contribution in [0.3, 0.4) is 0 Å². The first-order valence-electron chi connectivity index (χ1n) is 11.3. The molecule has 7 aromatic rings. The molecule has 0 saturated heterocycles. The van der Waals surface area contributed by atoms with Crippen LogP contribution in [-0.4, -0.2) is 0 Å². The summed E-state index contributed by atoms with van der Waals surface area (Å²) in [6.45, 7) is 0. The maximum absolute atomic E-state index is 13.4. The summed E-state index contributed by atoms with van der Waals surface area (Å²) in [6, 6.07) is 34.0. The van der Waals surface area contributed by atoms with Gasteiger partial charge in [-0.05, 0) is 59.2 Å². The Bertz CT molecular complexity index is 1980. The minimum Gasteiger partial charge on any atom is -0.456 e. The lowest BCUT2D eigenvalue weighted by molar-refractivity contribution is 0.660. The number of hydrogen-bond acceptors (Lipinski definition) is 3. The minimum absolute atomic E-state index is 0.0244. The quantitative estimate of drug-likeness (QED) is 0.227. The maximum atomic E-state index is 13.4. The van der Waals surface area contributed by atoms with E-state index in [-0.39, 0.29) is 5.43 Å². The highest BCUT2D eigenvalue weighted by molar-refractivity contribution is 7.26. The molecule has 0 bridgehead atoms. The third-order valence-electron chi connectivity index (χ3n) is 6.53. The van der Waals surface area contributed by atoms with E-state index in [0.717, 1.165) is 27.6 Å². The highest BCUT2D eigenvalue weighted by atomic mass is 35.5. The summed E-state index contributed by atoms with van der Waals surface area (Å²) in [6.07, 6.45) is 0. The molecule has 35 heavy (non-hydrogen) atoms.